The summed E-state index contributed by atoms with van der Waals surface area (Å²) in [5, 5.41) is 11.8. The zero-order chi connectivity index (χ0) is 8.15. The number of ether oxygens (including phenoxy) is 1. The van der Waals surface area contributed by atoms with Crippen molar-refractivity contribution in [2.45, 2.75) is 19.1 Å². The zero-order valence-electron chi connectivity index (χ0n) is 6.42. The van der Waals surface area contributed by atoms with Crippen molar-refractivity contribution in [2.24, 2.45) is 0 Å². The molecule has 0 bridgehead atoms. The van der Waals surface area contributed by atoms with Crippen LogP contribution in [0.25, 0.3) is 0 Å². The molecule has 0 aliphatic rings. The second kappa shape index (κ2) is 4.24. The standard InChI is InChI=1S/C6H13NO3/c1-4(7-2)5(8)6(9)10-3/h4-5,7-8H,1-3H3/t4-,5?/m0/s1. The number of carbonyl (C=O) groups excluding carboxylic acids is 1. The molecule has 0 saturated heterocycles. The molecule has 2 N–H and O–H groups in total. The average Bonchev–Trinajstić information content (AvgIpc) is 2.00. The van der Waals surface area contributed by atoms with Crippen molar-refractivity contribution >= 4 is 5.97 Å². The lowest BCUT2D eigenvalue weighted by molar-refractivity contribution is -0.151. The van der Waals surface area contributed by atoms with Crippen LogP contribution in [0.2, 0.25) is 0 Å². The molecule has 0 aliphatic heterocycles. The predicted octanol–water partition coefficient (Wildman–Crippen LogP) is -0.872. The largest absolute Gasteiger partial charge is 0.467 e. The fourth-order valence-corrected chi connectivity index (χ4v) is 0.483. The highest BCUT2D eigenvalue weighted by Gasteiger charge is 2.20. The highest BCUT2D eigenvalue weighted by Crippen LogP contribution is 1.93. The number of esters is 1. The molecule has 0 rings (SSSR count). The molecule has 2 atom stereocenters. The minimum atomic E-state index is -1.07. The minimum Gasteiger partial charge on any atom is -0.467 e. The number of hydrogen-bond acceptors (Lipinski definition) is 4. The van der Waals surface area contributed by atoms with Crippen molar-refractivity contribution in [3.05, 3.63) is 0 Å². The molecule has 0 amide bonds. The molecular weight excluding hydrogens is 134 g/mol. The summed E-state index contributed by atoms with van der Waals surface area (Å²) in [7, 11) is 2.91. The Labute approximate surface area is 60.2 Å². The van der Waals surface area contributed by atoms with Crippen molar-refractivity contribution in [2.75, 3.05) is 14.2 Å². The number of aliphatic hydroxyl groups excluding tert-OH is 1. The number of nitrogens with one attached hydrogen (secondary N) is 1. The van der Waals surface area contributed by atoms with Gasteiger partial charge in [-0.25, -0.2) is 4.79 Å². The molecule has 0 aromatic rings. The molecule has 4 nitrogen and oxygen atoms in total. The third kappa shape index (κ3) is 2.33. The topological polar surface area (TPSA) is 58.6 Å². The maximum absolute atomic E-state index is 10.6. The van der Waals surface area contributed by atoms with Gasteiger partial charge in [0, 0.05) is 6.04 Å². The predicted molar refractivity (Wildman–Crippen MR) is 36.5 cm³/mol. The van der Waals surface area contributed by atoms with Crippen molar-refractivity contribution in [1.82, 2.24) is 5.32 Å². The van der Waals surface area contributed by atoms with Crippen LogP contribution in [0.3, 0.4) is 0 Å². The van der Waals surface area contributed by atoms with Crippen LogP contribution in [0.15, 0.2) is 0 Å². The summed E-state index contributed by atoms with van der Waals surface area (Å²) in [6.07, 6.45) is -1.07. The Morgan fingerprint density at radius 1 is 1.70 bits per heavy atom. The number of methoxy groups -OCH3 is 1. The van der Waals surface area contributed by atoms with E-state index in [2.05, 4.69) is 10.1 Å². The number of aliphatic hydroxyl groups is 1. The lowest BCUT2D eigenvalue weighted by atomic mass is 10.2. The Kier molecular flexibility index (Phi) is 3.99. The molecule has 0 aromatic carbocycles. The maximum atomic E-state index is 10.6. The third-order valence-electron chi connectivity index (χ3n) is 1.37. The highest BCUT2D eigenvalue weighted by molar-refractivity contribution is 5.74. The van der Waals surface area contributed by atoms with Gasteiger partial charge < -0.3 is 15.2 Å². The van der Waals surface area contributed by atoms with Crippen LogP contribution in [0.4, 0.5) is 0 Å². The lowest BCUT2D eigenvalue weighted by Gasteiger charge is -2.14. The van der Waals surface area contributed by atoms with Gasteiger partial charge in [0.1, 0.15) is 0 Å². The molecule has 0 aliphatic carbocycles. The summed E-state index contributed by atoms with van der Waals surface area (Å²) in [4.78, 5) is 10.6. The Morgan fingerprint density at radius 2 is 2.20 bits per heavy atom. The van der Waals surface area contributed by atoms with E-state index in [4.69, 9.17) is 5.11 Å². The van der Waals surface area contributed by atoms with E-state index in [0.29, 0.717) is 0 Å². The first-order chi connectivity index (χ1) is 4.63. The van der Waals surface area contributed by atoms with Crippen molar-refractivity contribution in [3.8, 4) is 0 Å². The van der Waals surface area contributed by atoms with E-state index in [1.807, 2.05) is 0 Å². The number of hydrogen-bond donors (Lipinski definition) is 2. The number of rotatable bonds is 3. The molecule has 0 radical (unpaired) electrons. The molecule has 10 heavy (non-hydrogen) atoms. The molecule has 0 spiro atoms. The molecule has 0 saturated carbocycles. The first-order valence-corrected chi connectivity index (χ1v) is 3.06. The Bertz CT molecular complexity index is 116. The fourth-order valence-electron chi connectivity index (χ4n) is 0.483. The van der Waals surface area contributed by atoms with Gasteiger partial charge in [-0.05, 0) is 14.0 Å². The van der Waals surface area contributed by atoms with E-state index in [0.717, 1.165) is 0 Å². The van der Waals surface area contributed by atoms with Gasteiger partial charge in [-0.15, -0.1) is 0 Å². The van der Waals surface area contributed by atoms with E-state index < -0.39 is 12.1 Å². The quantitative estimate of drug-likeness (QED) is 0.509. The summed E-state index contributed by atoms with van der Waals surface area (Å²) in [6, 6.07) is -0.271. The average molecular weight is 147 g/mol. The molecular formula is C6H13NO3. The third-order valence-corrected chi connectivity index (χ3v) is 1.37. The first-order valence-electron chi connectivity index (χ1n) is 3.06. The minimum absolute atomic E-state index is 0.271. The van der Waals surface area contributed by atoms with Gasteiger partial charge >= 0.3 is 5.97 Å². The van der Waals surface area contributed by atoms with Crippen LogP contribution in [-0.4, -0.2) is 37.4 Å². The molecule has 0 fully saturated rings. The van der Waals surface area contributed by atoms with Gasteiger partial charge in [-0.1, -0.05) is 0 Å². The van der Waals surface area contributed by atoms with Gasteiger partial charge in [-0.2, -0.15) is 0 Å². The van der Waals surface area contributed by atoms with Gasteiger partial charge in [-0.3, -0.25) is 0 Å². The summed E-state index contributed by atoms with van der Waals surface area (Å²) >= 11 is 0. The number of likely N-dealkylation sites (N-methyl/N-ethyl adjacent to an activating group) is 1. The molecule has 60 valence electrons. The van der Waals surface area contributed by atoms with Crippen LogP contribution >= 0.6 is 0 Å². The highest BCUT2D eigenvalue weighted by atomic mass is 16.5. The van der Waals surface area contributed by atoms with E-state index in [1.165, 1.54) is 7.11 Å². The first kappa shape index (κ1) is 9.39. The van der Waals surface area contributed by atoms with Gasteiger partial charge in [0.25, 0.3) is 0 Å². The summed E-state index contributed by atoms with van der Waals surface area (Å²) in [6.45, 7) is 1.70. The SMILES string of the molecule is CN[C@@H](C)C(O)C(=O)OC. The molecule has 1 unspecified atom stereocenters. The van der Waals surface area contributed by atoms with Crippen LogP contribution < -0.4 is 5.32 Å². The van der Waals surface area contributed by atoms with E-state index >= 15 is 0 Å². The van der Waals surface area contributed by atoms with Crippen molar-refractivity contribution in [1.29, 1.82) is 0 Å². The smallest absolute Gasteiger partial charge is 0.336 e. The van der Waals surface area contributed by atoms with Crippen LogP contribution in [0.5, 0.6) is 0 Å². The van der Waals surface area contributed by atoms with Gasteiger partial charge in [0.2, 0.25) is 0 Å². The van der Waals surface area contributed by atoms with E-state index in [-0.39, 0.29) is 6.04 Å². The summed E-state index contributed by atoms with van der Waals surface area (Å²) < 4.78 is 4.31. The lowest BCUT2D eigenvalue weighted by Crippen LogP contribution is -2.40. The molecule has 4 heteroatoms. The van der Waals surface area contributed by atoms with E-state index in [1.54, 1.807) is 14.0 Å². The Morgan fingerprint density at radius 3 is 2.50 bits per heavy atom. The summed E-state index contributed by atoms with van der Waals surface area (Å²) in [5.41, 5.74) is 0. The fraction of sp³-hybridized carbons (Fsp3) is 0.833. The monoisotopic (exact) mass is 147 g/mol. The van der Waals surface area contributed by atoms with Crippen molar-refractivity contribution < 1.29 is 14.6 Å². The van der Waals surface area contributed by atoms with Crippen molar-refractivity contribution in [3.63, 3.8) is 0 Å². The Hall–Kier alpha value is -0.610. The summed E-state index contributed by atoms with van der Waals surface area (Å²) in [5.74, 6) is -0.609. The Balaban J connectivity index is 3.81. The second-order valence-electron chi connectivity index (χ2n) is 2.05. The van der Waals surface area contributed by atoms with Gasteiger partial charge in [0.05, 0.1) is 7.11 Å². The molecule has 0 aromatic heterocycles. The van der Waals surface area contributed by atoms with Crippen LogP contribution in [0.1, 0.15) is 6.92 Å². The second-order valence-corrected chi connectivity index (χ2v) is 2.05. The van der Waals surface area contributed by atoms with Crippen LogP contribution in [-0.2, 0) is 9.53 Å². The van der Waals surface area contributed by atoms with Crippen LogP contribution in [0, 0.1) is 0 Å². The van der Waals surface area contributed by atoms with E-state index in [9.17, 15) is 4.79 Å². The zero-order valence-corrected chi connectivity index (χ0v) is 6.42. The maximum Gasteiger partial charge on any atom is 0.336 e. The molecule has 0 heterocycles. The normalized spacial score (nSPS) is 16.0. The van der Waals surface area contributed by atoms with Gasteiger partial charge in [0.15, 0.2) is 6.10 Å². The number of carbonyl (C=O) groups is 1.